The number of nitrogen functional groups attached to an aromatic ring is 1. The van der Waals surface area contributed by atoms with Crippen molar-refractivity contribution in [3.05, 3.63) is 64.8 Å². The summed E-state index contributed by atoms with van der Waals surface area (Å²) in [5.41, 5.74) is 12.7. The molecular formula is C26H28N6O6S. The Kier molecular flexibility index (Phi) is 8.32. The fourth-order valence-corrected chi connectivity index (χ4v) is 4.92. The van der Waals surface area contributed by atoms with E-state index in [9.17, 15) is 14.4 Å². The number of H-pyrrole nitrogens is 1. The minimum absolute atomic E-state index is 0.0591. The number of fused-ring (bicyclic) bond motifs is 1. The first-order valence-corrected chi connectivity index (χ1v) is 12.5. The third-order valence-electron chi connectivity index (χ3n) is 6.05. The van der Waals surface area contributed by atoms with Crippen LogP contribution >= 0.6 is 11.5 Å². The number of para-hydroxylation sites is 1. The van der Waals surface area contributed by atoms with Crippen LogP contribution in [0.25, 0.3) is 10.9 Å². The van der Waals surface area contributed by atoms with Gasteiger partial charge in [-0.25, -0.2) is 0 Å². The van der Waals surface area contributed by atoms with Crippen molar-refractivity contribution in [1.29, 1.82) is 0 Å². The van der Waals surface area contributed by atoms with Crippen molar-refractivity contribution in [1.82, 2.24) is 14.7 Å². The topological polar surface area (TPSA) is 175 Å². The highest BCUT2D eigenvalue weighted by molar-refractivity contribution is 7.09. The lowest BCUT2D eigenvalue weighted by Gasteiger charge is -2.32. The number of aromatic nitrogens is 2. The number of nitrogens with zero attached hydrogens (tertiary/aromatic N) is 2. The minimum Gasteiger partial charge on any atom is -0.497 e. The molecule has 39 heavy (non-hydrogen) atoms. The quantitative estimate of drug-likeness (QED) is 0.205. The molecule has 2 aromatic carbocycles. The molecule has 1 atom stereocenters. The van der Waals surface area contributed by atoms with Crippen LogP contribution in [0, 0.1) is 0 Å². The van der Waals surface area contributed by atoms with Crippen molar-refractivity contribution in [2.75, 3.05) is 45.1 Å². The Balaban J connectivity index is 1.97. The van der Waals surface area contributed by atoms with Crippen molar-refractivity contribution >= 4 is 51.5 Å². The number of primary amides is 1. The van der Waals surface area contributed by atoms with Gasteiger partial charge in [-0.05, 0) is 29.7 Å². The maximum atomic E-state index is 14.3. The standard InChI is InChI=1S/C26H28N6O6S/c1-36-11-10-29-25(34)22(16-13-30-17-7-5-4-6-15(16)17)32(18-9-8-14(37-2)12-19(18)38-3)26(35)23-20(27)21(24(28)33)31-39-23/h4-9,12-13,22,30H,10-11,27H2,1-3H3,(H2,28,33)(H,29,34). The number of hydrogen-bond donors (Lipinski definition) is 4. The van der Waals surface area contributed by atoms with Gasteiger partial charge in [-0.1, -0.05) is 18.2 Å². The largest absolute Gasteiger partial charge is 0.497 e. The van der Waals surface area contributed by atoms with Crippen molar-refractivity contribution in [2.45, 2.75) is 6.04 Å². The summed E-state index contributed by atoms with van der Waals surface area (Å²) < 4.78 is 20.0. The van der Waals surface area contributed by atoms with Gasteiger partial charge in [-0.3, -0.25) is 19.3 Å². The van der Waals surface area contributed by atoms with Crippen molar-refractivity contribution in [3.63, 3.8) is 0 Å². The van der Waals surface area contributed by atoms with E-state index >= 15 is 0 Å². The molecule has 0 spiro atoms. The van der Waals surface area contributed by atoms with Crippen LogP contribution < -0.4 is 31.2 Å². The molecule has 0 aliphatic carbocycles. The maximum absolute atomic E-state index is 14.3. The summed E-state index contributed by atoms with van der Waals surface area (Å²) in [6.07, 6.45) is 1.67. The average molecular weight is 553 g/mol. The summed E-state index contributed by atoms with van der Waals surface area (Å²) in [7, 11) is 4.45. The third kappa shape index (κ3) is 5.35. The molecule has 2 heterocycles. The zero-order valence-corrected chi connectivity index (χ0v) is 22.3. The first kappa shape index (κ1) is 27.4. The normalized spacial score (nSPS) is 11.7. The zero-order valence-electron chi connectivity index (χ0n) is 21.5. The van der Waals surface area contributed by atoms with E-state index in [1.165, 1.54) is 26.2 Å². The molecule has 204 valence electrons. The molecule has 0 saturated carbocycles. The lowest BCUT2D eigenvalue weighted by Crippen LogP contribution is -2.44. The Morgan fingerprint density at radius 3 is 2.56 bits per heavy atom. The van der Waals surface area contributed by atoms with Gasteiger partial charge in [0.25, 0.3) is 11.8 Å². The second-order valence-electron chi connectivity index (χ2n) is 8.33. The Hall–Kier alpha value is -4.62. The van der Waals surface area contributed by atoms with Crippen LogP contribution in [0.15, 0.2) is 48.7 Å². The monoisotopic (exact) mass is 552 g/mol. The maximum Gasteiger partial charge on any atom is 0.273 e. The van der Waals surface area contributed by atoms with E-state index in [2.05, 4.69) is 14.7 Å². The van der Waals surface area contributed by atoms with Gasteiger partial charge in [0.1, 0.15) is 22.4 Å². The molecule has 2 aromatic heterocycles. The number of rotatable bonds is 11. The van der Waals surface area contributed by atoms with Gasteiger partial charge in [-0.2, -0.15) is 4.37 Å². The number of aromatic amines is 1. The molecule has 4 aromatic rings. The van der Waals surface area contributed by atoms with E-state index < -0.39 is 23.8 Å². The summed E-state index contributed by atoms with van der Waals surface area (Å²) in [6, 6.07) is 11.0. The summed E-state index contributed by atoms with van der Waals surface area (Å²) in [5, 5.41) is 3.56. The first-order valence-electron chi connectivity index (χ1n) is 11.8. The highest BCUT2D eigenvalue weighted by atomic mass is 32.1. The third-order valence-corrected chi connectivity index (χ3v) is 6.90. The predicted molar refractivity (Wildman–Crippen MR) is 147 cm³/mol. The molecule has 0 fully saturated rings. The molecule has 12 nitrogen and oxygen atoms in total. The van der Waals surface area contributed by atoms with E-state index in [-0.39, 0.29) is 40.8 Å². The van der Waals surface area contributed by atoms with Gasteiger partial charge in [-0.15, -0.1) is 0 Å². The molecule has 0 aliphatic heterocycles. The van der Waals surface area contributed by atoms with Crippen molar-refractivity contribution in [3.8, 4) is 11.5 Å². The summed E-state index contributed by atoms with van der Waals surface area (Å²) in [6.45, 7) is 0.459. The second-order valence-corrected chi connectivity index (χ2v) is 9.10. The van der Waals surface area contributed by atoms with Crippen LogP contribution in [0.2, 0.25) is 0 Å². The van der Waals surface area contributed by atoms with Crippen LogP contribution in [-0.2, 0) is 9.53 Å². The van der Waals surface area contributed by atoms with Crippen LogP contribution in [0.1, 0.15) is 31.8 Å². The van der Waals surface area contributed by atoms with Gasteiger partial charge < -0.3 is 36.0 Å². The fraction of sp³-hybridized carbons (Fsp3) is 0.231. The van der Waals surface area contributed by atoms with E-state index in [1.54, 1.807) is 24.4 Å². The summed E-state index contributed by atoms with van der Waals surface area (Å²) in [5.74, 6) is -1.30. The van der Waals surface area contributed by atoms with Crippen LogP contribution in [0.5, 0.6) is 11.5 Å². The van der Waals surface area contributed by atoms with E-state index in [0.717, 1.165) is 10.9 Å². The molecular weight excluding hydrogens is 524 g/mol. The Bertz CT molecular complexity index is 1520. The Morgan fingerprint density at radius 1 is 1.13 bits per heavy atom. The van der Waals surface area contributed by atoms with Crippen LogP contribution in [-0.4, -0.2) is 61.6 Å². The van der Waals surface area contributed by atoms with E-state index in [1.807, 2.05) is 24.3 Å². The number of hydrogen-bond acceptors (Lipinski definition) is 9. The smallest absolute Gasteiger partial charge is 0.273 e. The lowest BCUT2D eigenvalue weighted by molar-refractivity contribution is -0.122. The number of carbonyl (C=O) groups is 3. The van der Waals surface area contributed by atoms with Crippen LogP contribution in [0.4, 0.5) is 11.4 Å². The molecule has 3 amide bonds. The second kappa shape index (κ2) is 11.8. The minimum atomic E-state index is -1.20. The van der Waals surface area contributed by atoms with E-state index in [0.29, 0.717) is 22.8 Å². The molecule has 0 saturated heterocycles. The number of anilines is 2. The Morgan fingerprint density at radius 2 is 1.90 bits per heavy atom. The number of ether oxygens (including phenoxy) is 3. The Labute approximate surface area is 228 Å². The average Bonchev–Trinajstić information content (AvgIpc) is 3.54. The van der Waals surface area contributed by atoms with Crippen molar-refractivity contribution in [2.24, 2.45) is 5.73 Å². The predicted octanol–water partition coefficient (Wildman–Crippen LogP) is 2.47. The highest BCUT2D eigenvalue weighted by Gasteiger charge is 2.38. The molecule has 1 unspecified atom stereocenters. The number of methoxy groups -OCH3 is 3. The first-order chi connectivity index (χ1) is 18.8. The number of nitrogens with two attached hydrogens (primary N) is 2. The molecule has 0 bridgehead atoms. The number of benzene rings is 2. The van der Waals surface area contributed by atoms with Gasteiger partial charge in [0.15, 0.2) is 5.69 Å². The molecule has 0 radical (unpaired) electrons. The van der Waals surface area contributed by atoms with Crippen LogP contribution in [0.3, 0.4) is 0 Å². The van der Waals surface area contributed by atoms with Gasteiger partial charge in [0.05, 0.1) is 32.2 Å². The van der Waals surface area contributed by atoms with Gasteiger partial charge >= 0.3 is 0 Å². The van der Waals surface area contributed by atoms with E-state index in [4.69, 9.17) is 25.7 Å². The number of carbonyl (C=O) groups excluding carboxylic acids is 3. The van der Waals surface area contributed by atoms with Crippen molar-refractivity contribution < 1.29 is 28.6 Å². The molecule has 4 rings (SSSR count). The molecule has 13 heteroatoms. The fourth-order valence-electron chi connectivity index (χ4n) is 4.18. The molecule has 6 N–H and O–H groups in total. The van der Waals surface area contributed by atoms with Gasteiger partial charge in [0, 0.05) is 42.4 Å². The number of amides is 3. The highest BCUT2D eigenvalue weighted by Crippen LogP contribution is 2.41. The summed E-state index contributed by atoms with van der Waals surface area (Å²) in [4.78, 5) is 44.4. The summed E-state index contributed by atoms with van der Waals surface area (Å²) >= 11 is 0.716. The molecule has 0 aliphatic rings. The number of nitrogens with one attached hydrogen (secondary N) is 2. The lowest BCUT2D eigenvalue weighted by atomic mass is 10.0. The zero-order chi connectivity index (χ0) is 28.1. The van der Waals surface area contributed by atoms with Gasteiger partial charge in [0.2, 0.25) is 5.91 Å². The SMILES string of the molecule is COCCNC(=O)C(c1c[nH]c2ccccc12)N(C(=O)c1snc(C(N)=O)c1N)c1ccc(OC)cc1OC.